The first-order chi connectivity index (χ1) is 9.85. The van der Waals surface area contributed by atoms with Crippen molar-refractivity contribution in [2.45, 2.75) is 43.7 Å². The zero-order chi connectivity index (χ0) is 15.6. The summed E-state index contributed by atoms with van der Waals surface area (Å²) in [5.74, 6) is 0.473. The number of piperidine rings is 1. The van der Waals surface area contributed by atoms with Gasteiger partial charge in [-0.05, 0) is 50.9 Å². The summed E-state index contributed by atoms with van der Waals surface area (Å²) in [5, 5.41) is 3.57. The van der Waals surface area contributed by atoms with Crippen LogP contribution in [0, 0.1) is 6.92 Å². The van der Waals surface area contributed by atoms with Gasteiger partial charge in [-0.3, -0.25) is 0 Å². The maximum atomic E-state index is 12.6. The molecule has 1 aliphatic heterocycles. The van der Waals surface area contributed by atoms with Gasteiger partial charge in [-0.2, -0.15) is 0 Å². The van der Waals surface area contributed by atoms with Gasteiger partial charge in [-0.25, -0.2) is 13.1 Å². The first kappa shape index (κ1) is 16.5. The Labute approximate surface area is 131 Å². The topological polar surface area (TPSA) is 67.4 Å². The van der Waals surface area contributed by atoms with Crippen LogP contribution in [0.5, 0.6) is 5.75 Å². The van der Waals surface area contributed by atoms with E-state index in [0.717, 1.165) is 19.4 Å². The van der Waals surface area contributed by atoms with Crippen LogP contribution in [0.3, 0.4) is 0 Å². The molecular formula is C14H21ClN2O3S. The smallest absolute Gasteiger partial charge is 0.241 e. The fourth-order valence-corrected chi connectivity index (χ4v) is 4.46. The van der Waals surface area contributed by atoms with Crippen LogP contribution in [-0.2, 0) is 10.0 Å². The van der Waals surface area contributed by atoms with Gasteiger partial charge in [0.2, 0.25) is 10.0 Å². The summed E-state index contributed by atoms with van der Waals surface area (Å²) in [6, 6.07) is 3.09. The molecule has 1 aromatic carbocycles. The van der Waals surface area contributed by atoms with Gasteiger partial charge in [0.25, 0.3) is 0 Å². The third-order valence-electron chi connectivity index (χ3n) is 3.81. The Balaban J connectivity index is 2.29. The largest absolute Gasteiger partial charge is 0.495 e. The molecule has 0 bridgehead atoms. The van der Waals surface area contributed by atoms with Gasteiger partial charge in [-0.15, -0.1) is 0 Å². The Bertz CT molecular complexity index is 619. The second-order valence-corrected chi connectivity index (χ2v) is 7.45. The summed E-state index contributed by atoms with van der Waals surface area (Å²) in [6.45, 7) is 4.64. The molecule has 0 aliphatic carbocycles. The molecule has 2 rings (SSSR count). The van der Waals surface area contributed by atoms with Crippen LogP contribution < -0.4 is 14.8 Å². The Kier molecular flexibility index (Phi) is 5.14. The maximum absolute atomic E-state index is 12.6. The third kappa shape index (κ3) is 3.69. The van der Waals surface area contributed by atoms with E-state index in [1.165, 1.54) is 13.2 Å². The van der Waals surface area contributed by atoms with Crippen molar-refractivity contribution in [2.75, 3.05) is 13.7 Å². The van der Waals surface area contributed by atoms with Crippen LogP contribution in [0.1, 0.15) is 25.3 Å². The lowest BCUT2D eigenvalue weighted by Gasteiger charge is -2.30. The molecule has 0 saturated carbocycles. The lowest BCUT2D eigenvalue weighted by molar-refractivity contribution is 0.348. The van der Waals surface area contributed by atoms with Crippen LogP contribution in [0.25, 0.3) is 0 Å². The zero-order valence-corrected chi connectivity index (χ0v) is 14.0. The molecule has 0 radical (unpaired) electrons. The van der Waals surface area contributed by atoms with Crippen molar-refractivity contribution in [2.24, 2.45) is 0 Å². The molecular weight excluding hydrogens is 312 g/mol. The van der Waals surface area contributed by atoms with Gasteiger partial charge in [0.05, 0.1) is 17.0 Å². The van der Waals surface area contributed by atoms with Crippen LogP contribution in [0.4, 0.5) is 0 Å². The number of methoxy groups -OCH3 is 1. The SMILES string of the molecule is COc1cc(C)c(S(=O)(=O)NC2CCCNC2C)cc1Cl. The molecule has 21 heavy (non-hydrogen) atoms. The third-order valence-corrected chi connectivity index (χ3v) is 5.73. The Morgan fingerprint density at radius 2 is 2.14 bits per heavy atom. The van der Waals surface area contributed by atoms with Gasteiger partial charge in [0.15, 0.2) is 0 Å². The van der Waals surface area contributed by atoms with E-state index in [2.05, 4.69) is 10.0 Å². The van der Waals surface area contributed by atoms with E-state index in [9.17, 15) is 8.42 Å². The number of hydrogen-bond donors (Lipinski definition) is 2. The normalized spacial score (nSPS) is 23.0. The number of rotatable bonds is 4. The molecule has 2 N–H and O–H groups in total. The fraction of sp³-hybridized carbons (Fsp3) is 0.571. The molecule has 1 fully saturated rings. The highest BCUT2D eigenvalue weighted by Crippen LogP contribution is 2.30. The minimum atomic E-state index is -3.60. The molecule has 1 heterocycles. The summed E-state index contributed by atoms with van der Waals surface area (Å²) in [5.41, 5.74) is 0.611. The molecule has 0 aromatic heterocycles. The second kappa shape index (κ2) is 6.52. The first-order valence-corrected chi connectivity index (χ1v) is 8.81. The Hall–Kier alpha value is -0.820. The standard InChI is InChI=1S/C14H21ClN2O3S/c1-9-7-13(20-3)11(15)8-14(9)21(18,19)17-12-5-4-6-16-10(12)2/h7-8,10,12,16-17H,4-6H2,1-3H3. The average molecular weight is 333 g/mol. The predicted octanol–water partition coefficient (Wildman–Crippen LogP) is 2.08. The minimum absolute atomic E-state index is 0.107. The molecule has 1 saturated heterocycles. The number of sulfonamides is 1. The minimum Gasteiger partial charge on any atom is -0.495 e. The zero-order valence-electron chi connectivity index (χ0n) is 12.4. The van der Waals surface area contributed by atoms with Crippen molar-refractivity contribution in [3.05, 3.63) is 22.7 Å². The highest BCUT2D eigenvalue weighted by Gasteiger charge is 2.28. The molecule has 1 aliphatic rings. The lowest BCUT2D eigenvalue weighted by atomic mass is 10.0. The molecule has 2 unspecified atom stereocenters. The van der Waals surface area contributed by atoms with Gasteiger partial charge in [0, 0.05) is 12.1 Å². The quantitative estimate of drug-likeness (QED) is 0.885. The summed E-state index contributed by atoms with van der Waals surface area (Å²) < 4.78 is 33.0. The van der Waals surface area contributed by atoms with Gasteiger partial charge in [-0.1, -0.05) is 11.6 Å². The lowest BCUT2D eigenvalue weighted by Crippen LogP contribution is -2.51. The maximum Gasteiger partial charge on any atom is 0.241 e. The highest BCUT2D eigenvalue weighted by atomic mass is 35.5. The number of ether oxygens (including phenoxy) is 1. The molecule has 5 nitrogen and oxygen atoms in total. The Morgan fingerprint density at radius 3 is 2.76 bits per heavy atom. The van der Waals surface area contributed by atoms with E-state index in [1.54, 1.807) is 13.0 Å². The van der Waals surface area contributed by atoms with Crippen molar-refractivity contribution >= 4 is 21.6 Å². The fourth-order valence-electron chi connectivity index (χ4n) is 2.55. The van der Waals surface area contributed by atoms with Gasteiger partial charge >= 0.3 is 0 Å². The number of aryl methyl sites for hydroxylation is 1. The van der Waals surface area contributed by atoms with Crippen LogP contribution in [0.15, 0.2) is 17.0 Å². The van der Waals surface area contributed by atoms with Crippen LogP contribution >= 0.6 is 11.6 Å². The number of benzene rings is 1. The molecule has 2 atom stereocenters. The van der Waals surface area contributed by atoms with Gasteiger partial charge in [0.1, 0.15) is 5.75 Å². The summed E-state index contributed by atoms with van der Waals surface area (Å²) in [7, 11) is -2.10. The van der Waals surface area contributed by atoms with E-state index in [1.807, 2.05) is 6.92 Å². The van der Waals surface area contributed by atoms with E-state index in [4.69, 9.17) is 16.3 Å². The van der Waals surface area contributed by atoms with Crippen LogP contribution in [0.2, 0.25) is 5.02 Å². The van der Waals surface area contributed by atoms with Crippen molar-refractivity contribution in [3.63, 3.8) is 0 Å². The van der Waals surface area contributed by atoms with E-state index in [0.29, 0.717) is 16.3 Å². The molecule has 0 amide bonds. The molecule has 118 valence electrons. The van der Waals surface area contributed by atoms with E-state index >= 15 is 0 Å². The molecule has 7 heteroatoms. The number of hydrogen-bond acceptors (Lipinski definition) is 4. The molecule has 1 aromatic rings. The summed E-state index contributed by atoms with van der Waals surface area (Å²) in [4.78, 5) is 0.200. The average Bonchev–Trinajstić information content (AvgIpc) is 2.43. The van der Waals surface area contributed by atoms with Crippen LogP contribution in [-0.4, -0.2) is 34.2 Å². The second-order valence-electron chi connectivity index (χ2n) is 5.37. The Morgan fingerprint density at radius 1 is 1.43 bits per heavy atom. The summed E-state index contributed by atoms with van der Waals surface area (Å²) >= 11 is 6.05. The van der Waals surface area contributed by atoms with Gasteiger partial charge < -0.3 is 10.1 Å². The first-order valence-electron chi connectivity index (χ1n) is 6.95. The van der Waals surface area contributed by atoms with E-state index < -0.39 is 10.0 Å². The predicted molar refractivity (Wildman–Crippen MR) is 83.5 cm³/mol. The van der Waals surface area contributed by atoms with Crippen molar-refractivity contribution in [3.8, 4) is 5.75 Å². The van der Waals surface area contributed by atoms with Crippen molar-refractivity contribution in [1.29, 1.82) is 0 Å². The van der Waals surface area contributed by atoms with E-state index in [-0.39, 0.29) is 17.0 Å². The summed E-state index contributed by atoms with van der Waals surface area (Å²) in [6.07, 6.45) is 1.79. The number of nitrogens with one attached hydrogen (secondary N) is 2. The monoisotopic (exact) mass is 332 g/mol. The highest BCUT2D eigenvalue weighted by molar-refractivity contribution is 7.89. The van der Waals surface area contributed by atoms with Crippen molar-refractivity contribution in [1.82, 2.24) is 10.0 Å². The number of halogens is 1. The van der Waals surface area contributed by atoms with Crippen molar-refractivity contribution < 1.29 is 13.2 Å². The molecule has 0 spiro atoms.